The number of hydrogen-bond donors (Lipinski definition) is 3. The normalized spacial score (nSPS) is 18.4. The van der Waals surface area contributed by atoms with Crippen molar-refractivity contribution in [2.75, 3.05) is 22.1 Å². The first kappa shape index (κ1) is 15.8. The van der Waals surface area contributed by atoms with Crippen LogP contribution in [0.15, 0.2) is 59.9 Å². The Morgan fingerprint density at radius 2 is 1.75 bits per heavy atom. The Morgan fingerprint density at radius 1 is 1.04 bits per heavy atom. The van der Waals surface area contributed by atoms with Gasteiger partial charge in [-0.3, -0.25) is 5.41 Å². The molecule has 0 bridgehead atoms. The highest BCUT2D eigenvalue weighted by molar-refractivity contribution is 6.11. The van der Waals surface area contributed by atoms with Crippen molar-refractivity contribution < 1.29 is 4.79 Å². The monoisotopic (exact) mass is 320 g/mol. The molecule has 0 spiro atoms. The number of hydrogen-bond acceptors (Lipinski definition) is 4. The van der Waals surface area contributed by atoms with Gasteiger partial charge in [-0.1, -0.05) is 24.3 Å². The summed E-state index contributed by atoms with van der Waals surface area (Å²) in [6.07, 6.45) is 0.871. The van der Waals surface area contributed by atoms with Gasteiger partial charge in [0.15, 0.2) is 0 Å². The van der Waals surface area contributed by atoms with Crippen molar-refractivity contribution in [2.24, 2.45) is 0 Å². The summed E-state index contributed by atoms with van der Waals surface area (Å²) in [4.78, 5) is 10.1. The molecule has 0 amide bonds. The van der Waals surface area contributed by atoms with Gasteiger partial charge in [-0.05, 0) is 43.2 Å². The number of para-hydroxylation sites is 1. The Hall–Kier alpha value is -3.08. The molecule has 2 aliphatic heterocycles. The molecule has 5 heteroatoms. The van der Waals surface area contributed by atoms with Gasteiger partial charge in [-0.2, -0.15) is 0 Å². The highest BCUT2D eigenvalue weighted by Crippen LogP contribution is 2.35. The van der Waals surface area contributed by atoms with Crippen LogP contribution < -0.4 is 15.5 Å². The molecule has 24 heavy (non-hydrogen) atoms. The van der Waals surface area contributed by atoms with E-state index in [0.29, 0.717) is 5.84 Å². The SMILES string of the molecule is C=O.Cc1ccc2c(c1)N/C(=C1/CCN(c3ccccc3)C1=N)N2. The summed E-state index contributed by atoms with van der Waals surface area (Å²) < 4.78 is 0. The number of fused-ring (bicyclic) bond motifs is 1. The Labute approximate surface area is 141 Å². The van der Waals surface area contributed by atoms with Crippen molar-refractivity contribution in [3.8, 4) is 0 Å². The van der Waals surface area contributed by atoms with Crippen LogP contribution in [0.5, 0.6) is 0 Å². The van der Waals surface area contributed by atoms with Crippen LogP contribution in [0.2, 0.25) is 0 Å². The van der Waals surface area contributed by atoms with E-state index in [1.807, 2.05) is 25.0 Å². The average Bonchev–Trinajstić information content (AvgIpc) is 3.20. The molecule has 0 atom stereocenters. The van der Waals surface area contributed by atoms with Gasteiger partial charge in [0.2, 0.25) is 0 Å². The maximum atomic E-state index is 8.50. The van der Waals surface area contributed by atoms with Gasteiger partial charge < -0.3 is 20.3 Å². The van der Waals surface area contributed by atoms with Gasteiger partial charge in [0.25, 0.3) is 0 Å². The van der Waals surface area contributed by atoms with E-state index in [2.05, 4.69) is 52.8 Å². The largest absolute Gasteiger partial charge is 0.340 e. The van der Waals surface area contributed by atoms with E-state index in [9.17, 15) is 0 Å². The molecular formula is C19H20N4O. The predicted octanol–water partition coefficient (Wildman–Crippen LogP) is 3.75. The van der Waals surface area contributed by atoms with Crippen molar-refractivity contribution >= 4 is 29.7 Å². The molecule has 4 rings (SSSR count). The predicted molar refractivity (Wildman–Crippen MR) is 98.7 cm³/mol. The molecule has 122 valence electrons. The topological polar surface area (TPSA) is 68.2 Å². The number of rotatable bonds is 1. The fourth-order valence-electron chi connectivity index (χ4n) is 3.05. The summed E-state index contributed by atoms with van der Waals surface area (Å²) in [7, 11) is 0. The van der Waals surface area contributed by atoms with Gasteiger partial charge in [0, 0.05) is 17.8 Å². The zero-order valence-electron chi connectivity index (χ0n) is 13.6. The van der Waals surface area contributed by atoms with Gasteiger partial charge in [0.05, 0.1) is 11.4 Å². The zero-order chi connectivity index (χ0) is 17.1. The lowest BCUT2D eigenvalue weighted by atomic mass is 10.2. The van der Waals surface area contributed by atoms with Crippen LogP contribution >= 0.6 is 0 Å². The van der Waals surface area contributed by atoms with Crippen LogP contribution in [0, 0.1) is 12.3 Å². The van der Waals surface area contributed by atoms with Crippen molar-refractivity contribution in [2.45, 2.75) is 13.3 Å². The van der Waals surface area contributed by atoms with E-state index < -0.39 is 0 Å². The van der Waals surface area contributed by atoms with E-state index in [1.54, 1.807) is 0 Å². The molecule has 0 aromatic heterocycles. The molecule has 3 N–H and O–H groups in total. The summed E-state index contributed by atoms with van der Waals surface area (Å²) in [5.74, 6) is 1.52. The van der Waals surface area contributed by atoms with E-state index in [0.717, 1.165) is 41.4 Å². The molecule has 0 unspecified atom stereocenters. The molecule has 2 heterocycles. The van der Waals surface area contributed by atoms with Crippen LogP contribution in [0.25, 0.3) is 0 Å². The minimum atomic E-state index is 0.575. The van der Waals surface area contributed by atoms with Gasteiger partial charge in [0.1, 0.15) is 18.4 Å². The zero-order valence-corrected chi connectivity index (χ0v) is 13.6. The lowest BCUT2D eigenvalue weighted by molar-refractivity contribution is -0.0979. The molecule has 0 aliphatic carbocycles. The summed E-state index contributed by atoms with van der Waals surface area (Å²) in [6.45, 7) is 4.93. The average molecular weight is 320 g/mol. The number of carbonyl (C=O) groups is 1. The van der Waals surface area contributed by atoms with Crippen LogP contribution in [0.4, 0.5) is 17.1 Å². The lowest BCUT2D eigenvalue weighted by Crippen LogP contribution is -2.24. The third-order valence-electron chi connectivity index (χ3n) is 4.21. The second-order valence-electron chi connectivity index (χ2n) is 5.74. The number of nitrogens with one attached hydrogen (secondary N) is 3. The smallest absolute Gasteiger partial charge is 0.132 e. The highest BCUT2D eigenvalue weighted by Gasteiger charge is 2.29. The number of amidine groups is 1. The van der Waals surface area contributed by atoms with Crippen LogP contribution in [0.1, 0.15) is 12.0 Å². The van der Waals surface area contributed by atoms with Crippen molar-refractivity contribution in [3.05, 3.63) is 65.5 Å². The molecule has 0 saturated carbocycles. The summed E-state index contributed by atoms with van der Waals surface area (Å²) in [5, 5.41) is 15.3. The first-order chi connectivity index (χ1) is 11.7. The molecule has 1 fully saturated rings. The third kappa shape index (κ3) is 2.76. The second-order valence-corrected chi connectivity index (χ2v) is 5.74. The molecule has 0 radical (unpaired) electrons. The van der Waals surface area contributed by atoms with E-state index in [4.69, 9.17) is 10.2 Å². The van der Waals surface area contributed by atoms with E-state index in [-0.39, 0.29) is 0 Å². The van der Waals surface area contributed by atoms with Gasteiger partial charge in [-0.15, -0.1) is 0 Å². The van der Waals surface area contributed by atoms with Crippen LogP contribution in [0.3, 0.4) is 0 Å². The van der Waals surface area contributed by atoms with Crippen LogP contribution in [-0.4, -0.2) is 19.2 Å². The fraction of sp³-hybridized carbons (Fsp3) is 0.158. The van der Waals surface area contributed by atoms with Crippen molar-refractivity contribution in [3.63, 3.8) is 0 Å². The number of carbonyl (C=O) groups excluding carboxylic acids is 1. The number of nitrogens with zero attached hydrogens (tertiary/aromatic N) is 1. The quantitative estimate of drug-likeness (QED) is 0.748. The minimum Gasteiger partial charge on any atom is -0.340 e. The maximum Gasteiger partial charge on any atom is 0.132 e. The number of anilines is 3. The Kier molecular flexibility index (Phi) is 4.33. The number of benzene rings is 2. The Balaban J connectivity index is 0.000000815. The summed E-state index contributed by atoms with van der Waals surface area (Å²) in [5.41, 5.74) is 5.52. The van der Waals surface area contributed by atoms with Gasteiger partial charge in [-0.25, -0.2) is 0 Å². The molecule has 2 aromatic rings. The molecule has 5 nitrogen and oxygen atoms in total. The van der Waals surface area contributed by atoms with Crippen molar-refractivity contribution in [1.29, 1.82) is 5.41 Å². The Bertz CT molecular complexity index is 798. The molecule has 1 saturated heterocycles. The molecule has 2 aromatic carbocycles. The Morgan fingerprint density at radius 3 is 2.50 bits per heavy atom. The number of aryl methyl sites for hydroxylation is 1. The first-order valence-corrected chi connectivity index (χ1v) is 7.80. The molecule has 2 aliphatic rings. The fourth-order valence-corrected chi connectivity index (χ4v) is 3.05. The standard InChI is InChI=1S/C18H18N4.CH2O/c1-12-7-8-15-16(11-12)21-18(20-15)14-9-10-22(17(14)19)13-5-3-2-4-6-13;1-2/h2-8,11,19-21H,9-10H2,1H3;1H2/b18-14-,19-17?;. The van der Waals surface area contributed by atoms with E-state index in [1.165, 1.54) is 5.56 Å². The van der Waals surface area contributed by atoms with Crippen LogP contribution in [-0.2, 0) is 4.79 Å². The second kappa shape index (κ2) is 6.58. The summed E-state index contributed by atoms with van der Waals surface area (Å²) in [6, 6.07) is 16.4. The summed E-state index contributed by atoms with van der Waals surface area (Å²) >= 11 is 0. The molecular weight excluding hydrogens is 300 g/mol. The van der Waals surface area contributed by atoms with E-state index >= 15 is 0 Å². The first-order valence-electron chi connectivity index (χ1n) is 7.80. The highest BCUT2D eigenvalue weighted by atomic mass is 16.1. The van der Waals surface area contributed by atoms with Crippen molar-refractivity contribution in [1.82, 2.24) is 0 Å². The lowest BCUT2D eigenvalue weighted by Gasteiger charge is -2.17. The van der Waals surface area contributed by atoms with Gasteiger partial charge >= 0.3 is 0 Å². The third-order valence-corrected chi connectivity index (χ3v) is 4.21. The maximum absolute atomic E-state index is 8.50. The minimum absolute atomic E-state index is 0.575.